The highest BCUT2D eigenvalue weighted by Crippen LogP contribution is 1.94. The maximum atomic E-state index is 11.3. The molecular weight excluding hydrogens is 184 g/mol. The first-order valence-corrected chi connectivity index (χ1v) is 4.22. The van der Waals surface area contributed by atoms with Gasteiger partial charge < -0.3 is 15.5 Å². The van der Waals surface area contributed by atoms with Gasteiger partial charge in [-0.2, -0.15) is 0 Å². The van der Waals surface area contributed by atoms with E-state index in [1.807, 2.05) is 0 Å². The number of hydrogen-bond donors (Lipinski definition) is 2. The predicted molar refractivity (Wildman–Crippen MR) is 51.0 cm³/mol. The minimum atomic E-state index is -0.478. The van der Waals surface area contributed by atoms with Gasteiger partial charge in [0, 0.05) is 18.7 Å². The molecule has 1 aromatic rings. The third-order valence-electron chi connectivity index (χ3n) is 1.55. The van der Waals surface area contributed by atoms with Crippen LogP contribution in [0.15, 0.2) is 27.6 Å². The van der Waals surface area contributed by atoms with E-state index < -0.39 is 5.63 Å². The van der Waals surface area contributed by atoms with Crippen molar-refractivity contribution in [3.05, 3.63) is 34.4 Å². The summed E-state index contributed by atoms with van der Waals surface area (Å²) in [7, 11) is 0. The summed E-state index contributed by atoms with van der Waals surface area (Å²) in [6.07, 6.45) is 1.12. The van der Waals surface area contributed by atoms with Crippen LogP contribution in [0.5, 0.6) is 0 Å². The molecule has 1 unspecified atom stereocenters. The highest BCUT2D eigenvalue weighted by atomic mass is 16.4. The Hall–Kier alpha value is -1.62. The van der Waals surface area contributed by atoms with Crippen molar-refractivity contribution in [2.75, 3.05) is 6.54 Å². The second kappa shape index (κ2) is 4.57. The van der Waals surface area contributed by atoms with Gasteiger partial charge in [0.15, 0.2) is 0 Å². The molecule has 3 N–H and O–H groups in total. The lowest BCUT2D eigenvalue weighted by Gasteiger charge is -2.06. The van der Waals surface area contributed by atoms with E-state index in [-0.39, 0.29) is 11.9 Å². The van der Waals surface area contributed by atoms with Gasteiger partial charge >= 0.3 is 5.63 Å². The standard InChI is InChI=1S/C9H12N2O3/c1-6(10)4-11-9(13)7-2-3-8(12)14-5-7/h2-3,5-6H,4,10H2,1H3,(H,11,13). The van der Waals surface area contributed by atoms with Crippen LogP contribution in [0.3, 0.4) is 0 Å². The van der Waals surface area contributed by atoms with Gasteiger partial charge in [-0.1, -0.05) is 0 Å². The third-order valence-corrected chi connectivity index (χ3v) is 1.55. The molecule has 76 valence electrons. The maximum absolute atomic E-state index is 11.3. The van der Waals surface area contributed by atoms with E-state index >= 15 is 0 Å². The minimum absolute atomic E-state index is 0.102. The molecule has 0 spiro atoms. The van der Waals surface area contributed by atoms with Crippen LogP contribution in [0, 0.1) is 0 Å². The van der Waals surface area contributed by atoms with Crippen LogP contribution >= 0.6 is 0 Å². The fourth-order valence-electron chi connectivity index (χ4n) is 0.843. The molecule has 1 atom stereocenters. The fraction of sp³-hybridized carbons (Fsp3) is 0.333. The zero-order valence-electron chi connectivity index (χ0n) is 7.82. The Kier molecular flexibility index (Phi) is 3.41. The Bertz CT molecular complexity index is 350. The molecule has 0 saturated carbocycles. The third kappa shape index (κ3) is 3.02. The molecule has 0 bridgehead atoms. The summed E-state index contributed by atoms with van der Waals surface area (Å²) in [5.74, 6) is -0.300. The Morgan fingerprint density at radius 3 is 2.86 bits per heavy atom. The molecule has 1 heterocycles. The largest absolute Gasteiger partial charge is 0.430 e. The summed E-state index contributed by atoms with van der Waals surface area (Å²) >= 11 is 0. The van der Waals surface area contributed by atoms with Crippen molar-refractivity contribution in [1.29, 1.82) is 0 Å². The van der Waals surface area contributed by atoms with Gasteiger partial charge in [0.25, 0.3) is 5.91 Å². The van der Waals surface area contributed by atoms with Crippen molar-refractivity contribution in [2.45, 2.75) is 13.0 Å². The fourth-order valence-corrected chi connectivity index (χ4v) is 0.843. The van der Waals surface area contributed by atoms with Crippen molar-refractivity contribution in [2.24, 2.45) is 5.73 Å². The van der Waals surface area contributed by atoms with Gasteiger partial charge in [-0.3, -0.25) is 4.79 Å². The Balaban J connectivity index is 2.61. The van der Waals surface area contributed by atoms with E-state index in [0.29, 0.717) is 12.1 Å². The van der Waals surface area contributed by atoms with E-state index in [1.54, 1.807) is 6.92 Å². The van der Waals surface area contributed by atoms with Crippen LogP contribution in [0.2, 0.25) is 0 Å². The molecule has 1 amide bonds. The summed E-state index contributed by atoms with van der Waals surface area (Å²) in [6.45, 7) is 2.17. The molecule has 1 aromatic heterocycles. The number of carbonyl (C=O) groups is 1. The summed E-state index contributed by atoms with van der Waals surface area (Å²) in [6, 6.07) is 2.50. The van der Waals surface area contributed by atoms with Crippen molar-refractivity contribution >= 4 is 5.91 Å². The first-order chi connectivity index (χ1) is 6.59. The zero-order valence-corrected chi connectivity index (χ0v) is 7.82. The zero-order chi connectivity index (χ0) is 10.6. The number of amides is 1. The van der Waals surface area contributed by atoms with Crippen LogP contribution < -0.4 is 16.7 Å². The second-order valence-corrected chi connectivity index (χ2v) is 3.03. The molecule has 14 heavy (non-hydrogen) atoms. The topological polar surface area (TPSA) is 85.3 Å². The van der Waals surface area contributed by atoms with Crippen LogP contribution in [0.4, 0.5) is 0 Å². The minimum Gasteiger partial charge on any atom is -0.430 e. The van der Waals surface area contributed by atoms with E-state index in [9.17, 15) is 9.59 Å². The number of carbonyl (C=O) groups excluding carboxylic acids is 1. The average Bonchev–Trinajstić information content (AvgIpc) is 2.15. The average molecular weight is 196 g/mol. The van der Waals surface area contributed by atoms with Crippen LogP contribution in [-0.2, 0) is 0 Å². The Morgan fingerprint density at radius 2 is 2.36 bits per heavy atom. The van der Waals surface area contributed by atoms with Crippen LogP contribution in [0.1, 0.15) is 17.3 Å². The van der Waals surface area contributed by atoms with Gasteiger partial charge in [-0.25, -0.2) is 4.79 Å². The molecule has 0 aliphatic carbocycles. The summed E-state index contributed by atoms with van der Waals surface area (Å²) < 4.78 is 4.54. The summed E-state index contributed by atoms with van der Waals surface area (Å²) in [4.78, 5) is 21.9. The Labute approximate surface area is 80.9 Å². The number of hydrogen-bond acceptors (Lipinski definition) is 4. The van der Waals surface area contributed by atoms with Gasteiger partial charge in [0.05, 0.1) is 5.56 Å². The van der Waals surface area contributed by atoms with E-state index in [0.717, 1.165) is 6.26 Å². The molecule has 1 rings (SSSR count). The predicted octanol–water partition coefficient (Wildman–Crippen LogP) is -0.283. The first kappa shape index (κ1) is 10.5. The molecule has 5 heteroatoms. The normalized spacial score (nSPS) is 12.1. The van der Waals surface area contributed by atoms with E-state index in [4.69, 9.17) is 5.73 Å². The summed E-state index contributed by atoms with van der Waals surface area (Å²) in [5.41, 5.74) is 5.29. The van der Waals surface area contributed by atoms with Gasteiger partial charge in [-0.15, -0.1) is 0 Å². The lowest BCUT2D eigenvalue weighted by atomic mass is 10.2. The van der Waals surface area contributed by atoms with Crippen LogP contribution in [0.25, 0.3) is 0 Å². The SMILES string of the molecule is CC(N)CNC(=O)c1ccc(=O)oc1. The lowest BCUT2D eigenvalue weighted by Crippen LogP contribution is -2.35. The molecule has 5 nitrogen and oxygen atoms in total. The van der Waals surface area contributed by atoms with Gasteiger partial charge in [-0.05, 0) is 13.0 Å². The molecule has 0 aliphatic heterocycles. The maximum Gasteiger partial charge on any atom is 0.335 e. The van der Waals surface area contributed by atoms with Crippen LogP contribution in [-0.4, -0.2) is 18.5 Å². The monoisotopic (exact) mass is 196 g/mol. The number of nitrogens with two attached hydrogens (primary N) is 1. The molecule has 0 radical (unpaired) electrons. The van der Waals surface area contributed by atoms with Crippen molar-refractivity contribution in [1.82, 2.24) is 5.32 Å². The molecular formula is C9H12N2O3. The second-order valence-electron chi connectivity index (χ2n) is 3.03. The first-order valence-electron chi connectivity index (χ1n) is 4.22. The van der Waals surface area contributed by atoms with Gasteiger partial charge in [0.2, 0.25) is 0 Å². The van der Waals surface area contributed by atoms with Crippen molar-refractivity contribution < 1.29 is 9.21 Å². The molecule has 0 saturated heterocycles. The molecule has 0 fully saturated rings. The highest BCUT2D eigenvalue weighted by Gasteiger charge is 2.05. The van der Waals surface area contributed by atoms with Crippen molar-refractivity contribution in [3.63, 3.8) is 0 Å². The number of nitrogens with one attached hydrogen (secondary N) is 1. The van der Waals surface area contributed by atoms with E-state index in [1.165, 1.54) is 12.1 Å². The quantitative estimate of drug-likeness (QED) is 0.696. The highest BCUT2D eigenvalue weighted by molar-refractivity contribution is 5.93. The lowest BCUT2D eigenvalue weighted by molar-refractivity contribution is 0.0949. The van der Waals surface area contributed by atoms with Crippen molar-refractivity contribution in [3.8, 4) is 0 Å². The van der Waals surface area contributed by atoms with Gasteiger partial charge in [0.1, 0.15) is 6.26 Å². The summed E-state index contributed by atoms with van der Waals surface area (Å²) in [5, 5.41) is 2.59. The number of rotatable bonds is 3. The Morgan fingerprint density at radius 1 is 1.64 bits per heavy atom. The van der Waals surface area contributed by atoms with E-state index in [2.05, 4.69) is 9.73 Å². The molecule has 0 aliphatic rings. The smallest absolute Gasteiger partial charge is 0.335 e. The molecule has 0 aromatic carbocycles.